The average molecular weight is 303 g/mol. The molecular weight excluding hydrogens is 294 g/mol. The second-order valence-corrected chi connectivity index (χ2v) is 6.09. The van der Waals surface area contributed by atoms with Gasteiger partial charge < -0.3 is 11.1 Å². The largest absolute Gasteiger partial charge is 0.365 e. The standard InChI is InChI=1S/C13H9N3O2S2/c14-12(18)10-6-16-13(20-10)15-5-9-11(17)7-3-1-2-4-8(7)19-9/h1-6H,(H2,14,18)(H,15,16). The lowest BCUT2D eigenvalue weighted by Gasteiger charge is -1.96. The van der Waals surface area contributed by atoms with Crippen LogP contribution in [0.4, 0.5) is 5.13 Å². The lowest BCUT2D eigenvalue weighted by molar-refractivity contribution is 0.100. The Labute approximate surface area is 122 Å². The van der Waals surface area contributed by atoms with E-state index in [9.17, 15) is 9.59 Å². The second-order valence-electron chi connectivity index (χ2n) is 3.97. The maximum atomic E-state index is 12.1. The predicted octanol–water partition coefficient (Wildman–Crippen LogP) is 2.48. The van der Waals surface area contributed by atoms with Gasteiger partial charge in [-0.15, -0.1) is 0 Å². The van der Waals surface area contributed by atoms with Crippen molar-refractivity contribution in [2.45, 2.75) is 4.90 Å². The van der Waals surface area contributed by atoms with Crippen LogP contribution >= 0.6 is 23.1 Å². The van der Waals surface area contributed by atoms with E-state index in [2.05, 4.69) is 10.3 Å². The molecule has 1 aliphatic rings. The van der Waals surface area contributed by atoms with Gasteiger partial charge in [0.05, 0.1) is 11.1 Å². The summed E-state index contributed by atoms with van der Waals surface area (Å²) in [5, 5.41) is 3.45. The number of carbonyl (C=O) groups excluding carboxylic acids is 2. The fourth-order valence-electron chi connectivity index (χ4n) is 1.72. The molecule has 1 aromatic heterocycles. The van der Waals surface area contributed by atoms with Crippen molar-refractivity contribution < 1.29 is 9.59 Å². The number of benzene rings is 1. The fraction of sp³-hybridized carbons (Fsp3) is 0. The van der Waals surface area contributed by atoms with E-state index in [-0.39, 0.29) is 5.78 Å². The number of amides is 1. The molecule has 2 aromatic rings. The van der Waals surface area contributed by atoms with Crippen LogP contribution in [-0.2, 0) is 0 Å². The minimum atomic E-state index is -0.512. The predicted molar refractivity (Wildman–Crippen MR) is 79.0 cm³/mol. The van der Waals surface area contributed by atoms with Crippen LogP contribution in [0.1, 0.15) is 20.0 Å². The third kappa shape index (κ3) is 2.33. The summed E-state index contributed by atoms with van der Waals surface area (Å²) in [4.78, 5) is 29.0. The van der Waals surface area contributed by atoms with Crippen molar-refractivity contribution in [2.24, 2.45) is 5.73 Å². The summed E-state index contributed by atoms with van der Waals surface area (Å²) in [7, 11) is 0. The normalized spacial score (nSPS) is 15.4. The lowest BCUT2D eigenvalue weighted by atomic mass is 10.1. The number of fused-ring (bicyclic) bond motifs is 1. The third-order valence-electron chi connectivity index (χ3n) is 2.65. The number of hydrogen-bond donors (Lipinski definition) is 2. The van der Waals surface area contributed by atoms with Crippen molar-refractivity contribution in [3.05, 3.63) is 52.0 Å². The van der Waals surface area contributed by atoms with Crippen LogP contribution in [0, 0.1) is 0 Å². The van der Waals surface area contributed by atoms with Gasteiger partial charge in [0.25, 0.3) is 5.91 Å². The molecule has 0 aliphatic carbocycles. The lowest BCUT2D eigenvalue weighted by Crippen LogP contribution is -2.08. The molecule has 7 heteroatoms. The first-order chi connectivity index (χ1) is 9.65. The number of nitrogens with one attached hydrogen (secondary N) is 1. The molecule has 0 saturated heterocycles. The fourth-order valence-corrected chi connectivity index (χ4v) is 3.33. The van der Waals surface area contributed by atoms with Crippen molar-refractivity contribution in [1.29, 1.82) is 0 Å². The van der Waals surface area contributed by atoms with E-state index in [0.717, 1.165) is 16.2 Å². The summed E-state index contributed by atoms with van der Waals surface area (Å²) in [5.41, 5.74) is 5.87. The monoisotopic (exact) mass is 303 g/mol. The molecule has 1 aromatic carbocycles. The maximum absolute atomic E-state index is 12.1. The molecule has 3 N–H and O–H groups in total. The first-order valence-corrected chi connectivity index (χ1v) is 7.32. The van der Waals surface area contributed by atoms with Crippen molar-refractivity contribution >= 4 is 39.9 Å². The summed E-state index contributed by atoms with van der Waals surface area (Å²) in [6, 6.07) is 7.45. The highest BCUT2D eigenvalue weighted by molar-refractivity contribution is 8.04. The van der Waals surface area contributed by atoms with Gasteiger partial charge in [0, 0.05) is 16.7 Å². The van der Waals surface area contributed by atoms with Crippen LogP contribution in [0.2, 0.25) is 0 Å². The summed E-state index contributed by atoms with van der Waals surface area (Å²) < 4.78 is 0. The molecule has 0 fully saturated rings. The van der Waals surface area contributed by atoms with Gasteiger partial charge in [-0.1, -0.05) is 35.2 Å². The number of rotatable bonds is 3. The van der Waals surface area contributed by atoms with Crippen molar-refractivity contribution in [2.75, 3.05) is 5.32 Å². The highest BCUT2D eigenvalue weighted by Crippen LogP contribution is 2.39. The number of Topliss-reactive ketones (excluding diaryl/α,β-unsaturated/α-hetero) is 1. The SMILES string of the molecule is NC(=O)c1cnc(NC=C2Sc3ccccc3C2=O)s1. The van der Waals surface area contributed by atoms with Gasteiger partial charge in [-0.2, -0.15) is 0 Å². The van der Waals surface area contributed by atoms with Crippen molar-refractivity contribution in [3.8, 4) is 0 Å². The van der Waals surface area contributed by atoms with Gasteiger partial charge in [0.1, 0.15) is 4.88 Å². The van der Waals surface area contributed by atoms with E-state index in [0.29, 0.717) is 20.5 Å². The van der Waals surface area contributed by atoms with Crippen LogP contribution in [-0.4, -0.2) is 16.7 Å². The number of thioether (sulfide) groups is 1. The van der Waals surface area contributed by atoms with Crippen LogP contribution in [0.5, 0.6) is 0 Å². The number of nitrogens with zero attached hydrogens (tertiary/aromatic N) is 1. The molecule has 0 atom stereocenters. The van der Waals surface area contributed by atoms with Gasteiger partial charge in [0.2, 0.25) is 5.78 Å². The number of allylic oxidation sites excluding steroid dienone is 1. The molecule has 0 radical (unpaired) electrons. The van der Waals surface area contributed by atoms with Gasteiger partial charge in [0.15, 0.2) is 5.13 Å². The van der Waals surface area contributed by atoms with Crippen LogP contribution in [0.15, 0.2) is 46.5 Å². The van der Waals surface area contributed by atoms with Gasteiger partial charge in [-0.05, 0) is 12.1 Å². The first-order valence-electron chi connectivity index (χ1n) is 5.69. The summed E-state index contributed by atoms with van der Waals surface area (Å²) >= 11 is 2.56. The van der Waals surface area contributed by atoms with Crippen molar-refractivity contribution in [1.82, 2.24) is 4.98 Å². The van der Waals surface area contributed by atoms with Gasteiger partial charge in [-0.25, -0.2) is 4.98 Å². The van der Waals surface area contributed by atoms with Crippen LogP contribution < -0.4 is 11.1 Å². The van der Waals surface area contributed by atoms with E-state index >= 15 is 0 Å². The number of ketones is 1. The highest BCUT2D eigenvalue weighted by atomic mass is 32.2. The number of primary amides is 1. The average Bonchev–Trinajstić information content (AvgIpc) is 3.03. The Hall–Kier alpha value is -2.12. The third-order valence-corrected chi connectivity index (χ3v) is 4.69. The summed E-state index contributed by atoms with van der Waals surface area (Å²) in [6.07, 6.45) is 3.02. The molecule has 100 valence electrons. The molecule has 1 amide bonds. The molecule has 0 bridgehead atoms. The topological polar surface area (TPSA) is 85.1 Å². The van der Waals surface area contributed by atoms with Crippen molar-refractivity contribution in [3.63, 3.8) is 0 Å². The Bertz CT molecular complexity index is 737. The number of aromatic nitrogens is 1. The Morgan fingerprint density at radius 3 is 2.85 bits per heavy atom. The van der Waals surface area contributed by atoms with Gasteiger partial charge in [-0.3, -0.25) is 9.59 Å². The zero-order valence-electron chi connectivity index (χ0n) is 10.1. The maximum Gasteiger partial charge on any atom is 0.260 e. The Morgan fingerprint density at radius 2 is 2.15 bits per heavy atom. The van der Waals surface area contributed by atoms with Crippen LogP contribution in [0.25, 0.3) is 0 Å². The number of anilines is 1. The molecule has 0 spiro atoms. The highest BCUT2D eigenvalue weighted by Gasteiger charge is 2.25. The number of nitrogens with two attached hydrogens (primary N) is 1. The van der Waals surface area contributed by atoms with E-state index in [1.165, 1.54) is 18.0 Å². The Kier molecular flexibility index (Phi) is 3.29. The molecule has 1 aliphatic heterocycles. The molecule has 2 heterocycles. The molecule has 0 unspecified atom stereocenters. The summed E-state index contributed by atoms with van der Waals surface area (Å²) in [5.74, 6) is -0.522. The minimum Gasteiger partial charge on any atom is -0.365 e. The van der Waals surface area contributed by atoms with E-state index < -0.39 is 5.91 Å². The number of hydrogen-bond acceptors (Lipinski definition) is 6. The molecule has 3 rings (SSSR count). The van der Waals surface area contributed by atoms with E-state index in [1.54, 1.807) is 12.3 Å². The number of thiazole rings is 1. The zero-order chi connectivity index (χ0) is 14.1. The second kappa shape index (κ2) is 5.10. The Balaban J connectivity index is 1.78. The number of carbonyl (C=O) groups is 2. The molecule has 5 nitrogen and oxygen atoms in total. The van der Waals surface area contributed by atoms with Gasteiger partial charge >= 0.3 is 0 Å². The smallest absolute Gasteiger partial charge is 0.260 e. The van der Waals surface area contributed by atoms with Crippen LogP contribution in [0.3, 0.4) is 0 Å². The Morgan fingerprint density at radius 1 is 1.35 bits per heavy atom. The quantitative estimate of drug-likeness (QED) is 0.851. The molecule has 0 saturated carbocycles. The minimum absolute atomic E-state index is 0.00946. The van der Waals surface area contributed by atoms with E-state index in [1.807, 2.05) is 18.2 Å². The first kappa shape index (κ1) is 12.9. The zero-order valence-corrected chi connectivity index (χ0v) is 11.8. The molecule has 20 heavy (non-hydrogen) atoms. The molecular formula is C13H9N3O2S2. The summed E-state index contributed by atoms with van der Waals surface area (Å²) in [6.45, 7) is 0. The van der Waals surface area contributed by atoms with E-state index in [4.69, 9.17) is 5.73 Å².